The van der Waals surface area contributed by atoms with Gasteiger partial charge in [-0.05, 0) is 39.0 Å². The average molecular weight is 294 g/mol. The van der Waals surface area contributed by atoms with Crippen molar-refractivity contribution in [2.75, 3.05) is 13.1 Å². The summed E-state index contributed by atoms with van der Waals surface area (Å²) in [6, 6.07) is -0.00329. The van der Waals surface area contributed by atoms with Crippen molar-refractivity contribution < 1.29 is 14.6 Å². The molecule has 0 radical (unpaired) electrons. The van der Waals surface area contributed by atoms with Crippen LogP contribution < -0.4 is 0 Å². The molecule has 1 aromatic rings. The van der Waals surface area contributed by atoms with E-state index in [4.69, 9.17) is 4.74 Å². The summed E-state index contributed by atoms with van der Waals surface area (Å²) in [5.74, 6) is 0.846. The van der Waals surface area contributed by atoms with E-state index >= 15 is 0 Å². The van der Waals surface area contributed by atoms with Crippen molar-refractivity contribution in [2.45, 2.75) is 52.2 Å². The smallest absolute Gasteiger partial charge is 0.410 e. The molecule has 0 atom stereocenters. The molecule has 116 valence electrons. The van der Waals surface area contributed by atoms with Crippen LogP contribution in [0.1, 0.15) is 39.4 Å². The van der Waals surface area contributed by atoms with Crippen LogP contribution in [-0.4, -0.2) is 49.6 Å². The Morgan fingerprint density at radius 1 is 1.29 bits per heavy atom. The Morgan fingerprint density at radius 3 is 2.52 bits per heavy atom. The van der Waals surface area contributed by atoms with E-state index in [9.17, 15) is 9.90 Å². The molecular formula is C14H22N4O3. The first-order chi connectivity index (χ1) is 9.78. The summed E-state index contributed by atoms with van der Waals surface area (Å²) >= 11 is 0. The largest absolute Gasteiger partial charge is 0.479 e. The number of aromatic hydroxyl groups is 1. The number of fused-ring (bicyclic) bond motifs is 1. The number of nitrogens with zero attached hydrogens (tertiary/aromatic N) is 4. The van der Waals surface area contributed by atoms with Crippen LogP contribution in [0.15, 0.2) is 0 Å². The van der Waals surface area contributed by atoms with Crippen molar-refractivity contribution in [3.63, 3.8) is 0 Å². The second-order valence-corrected chi connectivity index (χ2v) is 7.15. The fourth-order valence-electron chi connectivity index (χ4n) is 3.17. The monoisotopic (exact) mass is 294 g/mol. The van der Waals surface area contributed by atoms with Gasteiger partial charge in [0.1, 0.15) is 11.4 Å². The van der Waals surface area contributed by atoms with Crippen molar-refractivity contribution in [3.8, 4) is 6.01 Å². The predicted molar refractivity (Wildman–Crippen MR) is 74.9 cm³/mol. The Labute approximate surface area is 123 Å². The third-order valence-corrected chi connectivity index (χ3v) is 4.31. The fourth-order valence-corrected chi connectivity index (χ4v) is 3.17. The zero-order valence-electron chi connectivity index (χ0n) is 12.8. The lowest BCUT2D eigenvalue weighted by Gasteiger charge is -2.39. The molecule has 1 aromatic heterocycles. The summed E-state index contributed by atoms with van der Waals surface area (Å²) in [6.07, 6.45) is 2.38. The first-order valence-corrected chi connectivity index (χ1v) is 7.37. The molecule has 3 rings (SSSR count). The van der Waals surface area contributed by atoms with Crippen LogP contribution in [0.25, 0.3) is 0 Å². The molecule has 7 nitrogen and oxygen atoms in total. The fraction of sp³-hybridized carbons (Fsp3) is 0.786. The Morgan fingerprint density at radius 2 is 1.95 bits per heavy atom. The van der Waals surface area contributed by atoms with Crippen LogP contribution in [0.5, 0.6) is 6.01 Å². The quantitative estimate of drug-likeness (QED) is 0.785. The molecule has 1 saturated heterocycles. The molecule has 2 aliphatic heterocycles. The maximum Gasteiger partial charge on any atom is 0.410 e. The Kier molecular flexibility index (Phi) is 3.11. The molecule has 1 N–H and O–H groups in total. The van der Waals surface area contributed by atoms with Crippen molar-refractivity contribution in [1.29, 1.82) is 0 Å². The van der Waals surface area contributed by atoms with Crippen molar-refractivity contribution in [2.24, 2.45) is 5.41 Å². The first kappa shape index (κ1) is 14.2. The summed E-state index contributed by atoms with van der Waals surface area (Å²) in [5, 5.41) is 17.3. The summed E-state index contributed by atoms with van der Waals surface area (Å²) in [5.41, 5.74) is -0.361. The van der Waals surface area contributed by atoms with Gasteiger partial charge in [-0.3, -0.25) is 4.57 Å². The highest BCUT2D eigenvalue weighted by atomic mass is 16.6. The predicted octanol–water partition coefficient (Wildman–Crippen LogP) is 1.56. The summed E-state index contributed by atoms with van der Waals surface area (Å²) in [4.78, 5) is 13.8. The number of hydrogen-bond donors (Lipinski definition) is 1. The third-order valence-electron chi connectivity index (χ3n) is 4.31. The van der Waals surface area contributed by atoms with Crippen molar-refractivity contribution in [1.82, 2.24) is 19.7 Å². The number of rotatable bonds is 0. The van der Waals surface area contributed by atoms with Crippen molar-refractivity contribution in [3.05, 3.63) is 5.82 Å². The van der Waals surface area contributed by atoms with Gasteiger partial charge < -0.3 is 14.7 Å². The lowest BCUT2D eigenvalue weighted by molar-refractivity contribution is 0.00978. The average Bonchev–Trinajstić information content (AvgIpc) is 2.88. The van der Waals surface area contributed by atoms with Gasteiger partial charge in [-0.1, -0.05) is 5.10 Å². The second-order valence-electron chi connectivity index (χ2n) is 7.15. The van der Waals surface area contributed by atoms with Gasteiger partial charge in [0.25, 0.3) is 0 Å². The molecule has 0 aromatic carbocycles. The van der Waals surface area contributed by atoms with E-state index in [0.717, 1.165) is 31.6 Å². The molecule has 2 aliphatic rings. The summed E-state index contributed by atoms with van der Waals surface area (Å²) < 4.78 is 7.19. The molecule has 21 heavy (non-hydrogen) atoms. The van der Waals surface area contributed by atoms with E-state index < -0.39 is 5.60 Å². The SMILES string of the molecule is CC(C)(C)OC(=O)N1CCC2(CC1)Cc1nnc(O)n1C2. The van der Waals surface area contributed by atoms with E-state index in [1.54, 1.807) is 9.47 Å². The first-order valence-electron chi connectivity index (χ1n) is 7.37. The van der Waals surface area contributed by atoms with Crippen LogP contribution in [0.2, 0.25) is 0 Å². The van der Waals surface area contributed by atoms with Crippen LogP contribution in [0.4, 0.5) is 4.79 Å². The van der Waals surface area contributed by atoms with Crippen LogP contribution in [0.3, 0.4) is 0 Å². The van der Waals surface area contributed by atoms with E-state index in [-0.39, 0.29) is 17.5 Å². The van der Waals surface area contributed by atoms with E-state index in [1.807, 2.05) is 20.8 Å². The van der Waals surface area contributed by atoms with Gasteiger partial charge in [-0.15, -0.1) is 5.10 Å². The van der Waals surface area contributed by atoms with Gasteiger partial charge in [-0.2, -0.15) is 0 Å². The molecule has 0 unspecified atom stereocenters. The third kappa shape index (κ3) is 2.69. The number of likely N-dealkylation sites (tertiary alicyclic amines) is 1. The topological polar surface area (TPSA) is 80.5 Å². The van der Waals surface area contributed by atoms with Gasteiger partial charge in [0, 0.05) is 26.1 Å². The molecule has 0 aliphatic carbocycles. The molecule has 3 heterocycles. The normalized spacial score (nSPS) is 20.6. The lowest BCUT2D eigenvalue weighted by Crippen LogP contribution is -2.45. The number of ether oxygens (including phenoxy) is 1. The van der Waals surface area contributed by atoms with Gasteiger partial charge in [0.15, 0.2) is 0 Å². The van der Waals surface area contributed by atoms with Crippen LogP contribution >= 0.6 is 0 Å². The van der Waals surface area contributed by atoms with Gasteiger partial charge in [0.05, 0.1) is 0 Å². The van der Waals surface area contributed by atoms with E-state index in [1.165, 1.54) is 0 Å². The van der Waals surface area contributed by atoms with Gasteiger partial charge >= 0.3 is 12.1 Å². The molecule has 0 bridgehead atoms. The zero-order chi connectivity index (χ0) is 15.3. The minimum absolute atomic E-state index is 0.00329. The number of piperidine rings is 1. The number of carbonyl (C=O) groups excluding carboxylic acids is 1. The Bertz CT molecular complexity index is 553. The molecular weight excluding hydrogens is 272 g/mol. The van der Waals surface area contributed by atoms with E-state index in [0.29, 0.717) is 13.1 Å². The zero-order valence-corrected chi connectivity index (χ0v) is 12.8. The van der Waals surface area contributed by atoms with Crippen LogP contribution in [0, 0.1) is 5.41 Å². The summed E-state index contributed by atoms with van der Waals surface area (Å²) in [6.45, 7) is 7.75. The molecule has 1 amide bonds. The van der Waals surface area contributed by atoms with Crippen molar-refractivity contribution >= 4 is 6.09 Å². The highest BCUT2D eigenvalue weighted by molar-refractivity contribution is 5.68. The Hall–Kier alpha value is -1.79. The number of amides is 1. The van der Waals surface area contributed by atoms with Gasteiger partial charge in [0.2, 0.25) is 0 Å². The highest BCUT2D eigenvalue weighted by Crippen LogP contribution is 2.42. The molecule has 7 heteroatoms. The minimum Gasteiger partial charge on any atom is -0.479 e. The highest BCUT2D eigenvalue weighted by Gasteiger charge is 2.43. The van der Waals surface area contributed by atoms with E-state index in [2.05, 4.69) is 10.2 Å². The standard InChI is InChI=1S/C14H22N4O3/c1-13(2,3)21-12(20)17-6-4-14(5-7-17)8-10-15-16-11(19)18(10)9-14/h4-9H2,1-3H3,(H,16,19). The number of carbonyl (C=O) groups is 1. The minimum atomic E-state index is -0.459. The number of aromatic nitrogens is 3. The molecule has 1 fully saturated rings. The van der Waals surface area contributed by atoms with Gasteiger partial charge in [-0.25, -0.2) is 4.79 Å². The maximum atomic E-state index is 12.1. The molecule has 1 spiro atoms. The van der Waals surface area contributed by atoms with Crippen LogP contribution in [-0.2, 0) is 17.7 Å². The lowest BCUT2D eigenvalue weighted by atomic mass is 9.77. The second kappa shape index (κ2) is 4.61. The molecule has 0 saturated carbocycles. The summed E-state index contributed by atoms with van der Waals surface area (Å²) in [7, 11) is 0. The maximum absolute atomic E-state index is 12.1. The number of hydrogen-bond acceptors (Lipinski definition) is 5. The Balaban J connectivity index is 1.60.